The van der Waals surface area contributed by atoms with Crippen molar-refractivity contribution in [2.24, 2.45) is 0 Å². The first-order valence-electron chi connectivity index (χ1n) is 5.69. The van der Waals surface area contributed by atoms with Crippen LogP contribution in [0.1, 0.15) is 26.7 Å². The highest BCUT2D eigenvalue weighted by Gasteiger charge is 2.30. The van der Waals surface area contributed by atoms with Crippen LogP contribution in [-0.2, 0) is 9.59 Å². The highest BCUT2D eigenvalue weighted by Crippen LogP contribution is 2.12. The van der Waals surface area contributed by atoms with Crippen LogP contribution in [0.2, 0.25) is 0 Å². The standard InChI is InChI=1S/C11H20N2O2S/c1-4-9-11(15)13(8(2)7-16-3)6-5-10(14)12-9/h8-9H,4-7H2,1-3H3,(H,12,14). The first-order chi connectivity index (χ1) is 7.60. The fourth-order valence-electron chi connectivity index (χ4n) is 1.91. The Balaban J connectivity index is 2.75. The van der Waals surface area contributed by atoms with E-state index < -0.39 is 0 Å². The van der Waals surface area contributed by atoms with Gasteiger partial charge in [-0.05, 0) is 19.6 Å². The van der Waals surface area contributed by atoms with Crippen molar-refractivity contribution >= 4 is 23.6 Å². The summed E-state index contributed by atoms with van der Waals surface area (Å²) in [5.41, 5.74) is 0. The molecule has 0 aromatic rings. The van der Waals surface area contributed by atoms with Gasteiger partial charge in [0, 0.05) is 24.8 Å². The predicted octanol–water partition coefficient (Wildman–Crippen LogP) is 0.865. The Morgan fingerprint density at radius 1 is 1.56 bits per heavy atom. The quantitative estimate of drug-likeness (QED) is 0.798. The van der Waals surface area contributed by atoms with Crippen LogP contribution < -0.4 is 5.32 Å². The number of nitrogens with zero attached hydrogens (tertiary/aromatic N) is 1. The summed E-state index contributed by atoms with van der Waals surface area (Å²) in [5.74, 6) is 0.963. The first-order valence-corrected chi connectivity index (χ1v) is 7.08. The molecule has 5 heteroatoms. The van der Waals surface area contributed by atoms with Crippen LogP contribution in [0.25, 0.3) is 0 Å². The Hall–Kier alpha value is -0.710. The highest BCUT2D eigenvalue weighted by atomic mass is 32.2. The van der Waals surface area contributed by atoms with Crippen LogP contribution in [0.15, 0.2) is 0 Å². The van der Waals surface area contributed by atoms with E-state index in [0.29, 0.717) is 19.4 Å². The largest absolute Gasteiger partial charge is 0.344 e. The fourth-order valence-corrected chi connectivity index (χ4v) is 2.57. The van der Waals surface area contributed by atoms with Gasteiger partial charge in [0.1, 0.15) is 6.04 Å². The molecule has 1 saturated heterocycles. The third-order valence-electron chi connectivity index (χ3n) is 2.84. The number of nitrogens with one attached hydrogen (secondary N) is 1. The van der Waals surface area contributed by atoms with Gasteiger partial charge in [0.25, 0.3) is 0 Å². The molecule has 1 aliphatic rings. The van der Waals surface area contributed by atoms with Gasteiger partial charge in [0.15, 0.2) is 0 Å². The minimum atomic E-state index is -0.334. The second-order valence-corrected chi connectivity index (χ2v) is 5.03. The summed E-state index contributed by atoms with van der Waals surface area (Å²) in [6.07, 6.45) is 3.10. The Kier molecular flexibility index (Phi) is 5.12. The SMILES string of the molecule is CCC1NC(=O)CCN(C(C)CSC)C1=O. The molecule has 4 nitrogen and oxygen atoms in total. The Bertz CT molecular complexity index is 271. The maximum atomic E-state index is 12.1. The normalized spacial score (nSPS) is 23.9. The maximum absolute atomic E-state index is 12.1. The number of thioether (sulfide) groups is 1. The molecule has 0 aromatic heterocycles. The van der Waals surface area contributed by atoms with Crippen molar-refractivity contribution in [1.29, 1.82) is 0 Å². The summed E-state index contributed by atoms with van der Waals surface area (Å²) in [6.45, 7) is 4.51. The van der Waals surface area contributed by atoms with Crippen molar-refractivity contribution < 1.29 is 9.59 Å². The van der Waals surface area contributed by atoms with Crippen LogP contribution >= 0.6 is 11.8 Å². The number of hydrogen-bond donors (Lipinski definition) is 1. The average Bonchev–Trinajstić information content (AvgIpc) is 2.39. The van der Waals surface area contributed by atoms with Crippen molar-refractivity contribution in [3.63, 3.8) is 0 Å². The van der Waals surface area contributed by atoms with E-state index in [4.69, 9.17) is 0 Å². The van der Waals surface area contributed by atoms with Crippen molar-refractivity contribution in [2.45, 2.75) is 38.8 Å². The number of hydrogen-bond acceptors (Lipinski definition) is 3. The molecule has 1 fully saturated rings. The van der Waals surface area contributed by atoms with Crippen molar-refractivity contribution in [2.75, 3.05) is 18.6 Å². The van der Waals surface area contributed by atoms with E-state index in [1.54, 1.807) is 11.8 Å². The molecule has 0 bridgehead atoms. The monoisotopic (exact) mass is 244 g/mol. The van der Waals surface area contributed by atoms with E-state index in [2.05, 4.69) is 5.32 Å². The van der Waals surface area contributed by atoms with E-state index >= 15 is 0 Å². The molecular formula is C11H20N2O2S. The third-order valence-corrected chi connectivity index (χ3v) is 3.66. The lowest BCUT2D eigenvalue weighted by atomic mass is 10.2. The predicted molar refractivity (Wildman–Crippen MR) is 66.4 cm³/mol. The average molecular weight is 244 g/mol. The number of rotatable bonds is 4. The van der Waals surface area contributed by atoms with Gasteiger partial charge in [-0.2, -0.15) is 11.8 Å². The minimum Gasteiger partial charge on any atom is -0.344 e. The van der Waals surface area contributed by atoms with Crippen LogP contribution in [0.4, 0.5) is 0 Å². The van der Waals surface area contributed by atoms with Gasteiger partial charge < -0.3 is 10.2 Å². The lowest BCUT2D eigenvalue weighted by Gasteiger charge is -2.29. The lowest BCUT2D eigenvalue weighted by Crippen LogP contribution is -2.48. The topological polar surface area (TPSA) is 49.4 Å². The zero-order valence-corrected chi connectivity index (χ0v) is 11.0. The van der Waals surface area contributed by atoms with Crippen molar-refractivity contribution in [3.05, 3.63) is 0 Å². The minimum absolute atomic E-state index is 0.0148. The molecule has 0 aromatic carbocycles. The van der Waals surface area contributed by atoms with Crippen LogP contribution in [0.5, 0.6) is 0 Å². The zero-order valence-electron chi connectivity index (χ0n) is 10.2. The molecule has 0 aliphatic carbocycles. The van der Waals surface area contributed by atoms with Crippen molar-refractivity contribution in [3.8, 4) is 0 Å². The summed E-state index contributed by atoms with van der Waals surface area (Å²) in [5, 5.41) is 2.77. The van der Waals surface area contributed by atoms with Crippen molar-refractivity contribution in [1.82, 2.24) is 10.2 Å². The molecular weight excluding hydrogens is 224 g/mol. The first kappa shape index (κ1) is 13.4. The van der Waals surface area contributed by atoms with E-state index in [-0.39, 0.29) is 23.9 Å². The summed E-state index contributed by atoms with van der Waals surface area (Å²) >= 11 is 1.72. The van der Waals surface area contributed by atoms with Gasteiger partial charge in [-0.3, -0.25) is 9.59 Å². The highest BCUT2D eigenvalue weighted by molar-refractivity contribution is 7.98. The van der Waals surface area contributed by atoms with Gasteiger partial charge in [-0.15, -0.1) is 0 Å². The molecule has 92 valence electrons. The van der Waals surface area contributed by atoms with Gasteiger partial charge in [0.05, 0.1) is 0 Å². The molecule has 0 spiro atoms. The summed E-state index contributed by atoms with van der Waals surface area (Å²) in [7, 11) is 0. The Labute approximate surface area is 101 Å². The number of carbonyl (C=O) groups is 2. The Morgan fingerprint density at radius 2 is 2.25 bits per heavy atom. The Morgan fingerprint density at radius 3 is 2.81 bits per heavy atom. The molecule has 1 aliphatic heterocycles. The summed E-state index contributed by atoms with van der Waals surface area (Å²) < 4.78 is 0. The van der Waals surface area contributed by atoms with Gasteiger partial charge in [-0.25, -0.2) is 0 Å². The second-order valence-electron chi connectivity index (χ2n) is 4.11. The van der Waals surface area contributed by atoms with E-state index in [1.807, 2.05) is 25.0 Å². The summed E-state index contributed by atoms with van der Waals surface area (Å²) in [4.78, 5) is 25.4. The van der Waals surface area contributed by atoms with Crippen LogP contribution in [0, 0.1) is 0 Å². The van der Waals surface area contributed by atoms with Gasteiger partial charge in [-0.1, -0.05) is 6.92 Å². The van der Waals surface area contributed by atoms with E-state index in [9.17, 15) is 9.59 Å². The number of carbonyl (C=O) groups excluding carboxylic acids is 2. The lowest BCUT2D eigenvalue weighted by molar-refractivity contribution is -0.134. The van der Waals surface area contributed by atoms with E-state index in [1.165, 1.54) is 0 Å². The maximum Gasteiger partial charge on any atom is 0.245 e. The molecule has 1 N–H and O–H groups in total. The van der Waals surface area contributed by atoms with Gasteiger partial charge >= 0.3 is 0 Å². The molecule has 16 heavy (non-hydrogen) atoms. The molecule has 0 saturated carbocycles. The van der Waals surface area contributed by atoms with Crippen LogP contribution in [0.3, 0.4) is 0 Å². The molecule has 1 rings (SSSR count). The number of amides is 2. The molecule has 0 radical (unpaired) electrons. The molecule has 1 heterocycles. The zero-order chi connectivity index (χ0) is 12.1. The third kappa shape index (κ3) is 3.14. The van der Waals surface area contributed by atoms with Crippen LogP contribution in [-0.4, -0.2) is 47.4 Å². The van der Waals surface area contributed by atoms with Gasteiger partial charge in [0.2, 0.25) is 11.8 Å². The summed E-state index contributed by atoms with van der Waals surface area (Å²) in [6, 6.07) is -0.136. The smallest absolute Gasteiger partial charge is 0.245 e. The molecule has 2 amide bonds. The van der Waals surface area contributed by atoms with E-state index in [0.717, 1.165) is 5.75 Å². The fraction of sp³-hybridized carbons (Fsp3) is 0.818. The second kappa shape index (κ2) is 6.13. The molecule has 2 atom stereocenters. The molecule has 2 unspecified atom stereocenters.